The van der Waals surface area contributed by atoms with Crippen LogP contribution < -0.4 is 0 Å². The number of carbonyl (C=O) groups excluding carboxylic acids is 1. The summed E-state index contributed by atoms with van der Waals surface area (Å²) in [6, 6.07) is -1.28. The van der Waals surface area contributed by atoms with Gasteiger partial charge in [-0.25, -0.2) is 9.59 Å². The van der Waals surface area contributed by atoms with Gasteiger partial charge in [0.05, 0.1) is 19.3 Å². The number of amides is 1. The van der Waals surface area contributed by atoms with E-state index in [9.17, 15) is 9.59 Å². The quantitative estimate of drug-likeness (QED) is 0.748. The van der Waals surface area contributed by atoms with Crippen LogP contribution in [0.3, 0.4) is 0 Å². The summed E-state index contributed by atoms with van der Waals surface area (Å²) in [6.07, 6.45) is -0.610. The molecule has 1 N–H and O–H groups in total. The third kappa shape index (κ3) is 3.59. The molecule has 98 valence electrons. The van der Waals surface area contributed by atoms with Crippen molar-refractivity contribution >= 4 is 12.1 Å². The number of morpholine rings is 1. The molecular weight excluding hydrogens is 226 g/mol. The second-order valence-electron chi connectivity index (χ2n) is 5.13. The lowest BCUT2D eigenvalue weighted by Crippen LogP contribution is -2.57. The van der Waals surface area contributed by atoms with Gasteiger partial charge in [0.2, 0.25) is 0 Å². The summed E-state index contributed by atoms with van der Waals surface area (Å²) in [5.74, 6) is -1.08. The highest BCUT2D eigenvalue weighted by atomic mass is 16.6. The van der Waals surface area contributed by atoms with Crippen LogP contribution in [0.4, 0.5) is 4.79 Å². The van der Waals surface area contributed by atoms with E-state index in [-0.39, 0.29) is 12.6 Å². The zero-order valence-electron chi connectivity index (χ0n) is 10.6. The summed E-state index contributed by atoms with van der Waals surface area (Å²) >= 11 is 0. The number of nitrogens with zero attached hydrogens (tertiary/aromatic N) is 1. The van der Waals surface area contributed by atoms with Crippen molar-refractivity contribution in [2.45, 2.75) is 45.4 Å². The van der Waals surface area contributed by atoms with E-state index in [4.69, 9.17) is 14.6 Å². The van der Waals surface area contributed by atoms with E-state index in [2.05, 4.69) is 0 Å². The van der Waals surface area contributed by atoms with Gasteiger partial charge < -0.3 is 14.6 Å². The number of carboxylic acids is 1. The van der Waals surface area contributed by atoms with Gasteiger partial charge in [0.1, 0.15) is 5.60 Å². The minimum Gasteiger partial charge on any atom is -0.480 e. The fourth-order valence-electron chi connectivity index (χ4n) is 1.63. The van der Waals surface area contributed by atoms with E-state index >= 15 is 0 Å². The molecule has 0 aliphatic carbocycles. The van der Waals surface area contributed by atoms with Gasteiger partial charge in [0.15, 0.2) is 6.04 Å². The maximum absolute atomic E-state index is 11.9. The summed E-state index contributed by atoms with van der Waals surface area (Å²) in [6.45, 7) is 7.28. The highest BCUT2D eigenvalue weighted by Gasteiger charge is 2.39. The van der Waals surface area contributed by atoms with Crippen LogP contribution in [-0.4, -0.2) is 53.0 Å². The Morgan fingerprint density at radius 1 is 1.35 bits per heavy atom. The average Bonchev–Trinajstić information content (AvgIpc) is 2.13. The van der Waals surface area contributed by atoms with Gasteiger partial charge in [-0.1, -0.05) is 0 Å². The fraction of sp³-hybridized carbons (Fsp3) is 0.818. The Morgan fingerprint density at radius 2 is 1.94 bits per heavy atom. The van der Waals surface area contributed by atoms with E-state index in [0.717, 1.165) is 0 Å². The lowest BCUT2D eigenvalue weighted by atomic mass is 10.1. The summed E-state index contributed by atoms with van der Waals surface area (Å²) in [7, 11) is 0. The molecule has 1 saturated heterocycles. The van der Waals surface area contributed by atoms with E-state index in [1.165, 1.54) is 4.90 Å². The van der Waals surface area contributed by atoms with E-state index in [0.29, 0.717) is 6.61 Å². The normalized spacial score (nSPS) is 25.5. The third-order valence-electron chi connectivity index (χ3n) is 2.33. The van der Waals surface area contributed by atoms with Crippen molar-refractivity contribution in [2.24, 2.45) is 0 Å². The molecule has 0 aromatic rings. The molecule has 1 amide bonds. The molecule has 0 unspecified atom stereocenters. The molecule has 0 radical (unpaired) electrons. The topological polar surface area (TPSA) is 76.1 Å². The van der Waals surface area contributed by atoms with Gasteiger partial charge in [0, 0.05) is 0 Å². The molecule has 1 aliphatic rings. The second kappa shape index (κ2) is 4.91. The Kier molecular flexibility index (Phi) is 3.98. The molecule has 1 fully saturated rings. The van der Waals surface area contributed by atoms with Crippen LogP contribution in [-0.2, 0) is 14.3 Å². The first-order valence-electron chi connectivity index (χ1n) is 5.54. The van der Waals surface area contributed by atoms with Crippen LogP contribution in [0, 0.1) is 0 Å². The zero-order chi connectivity index (χ0) is 13.2. The van der Waals surface area contributed by atoms with E-state index < -0.39 is 23.7 Å². The van der Waals surface area contributed by atoms with Gasteiger partial charge in [-0.05, 0) is 27.7 Å². The monoisotopic (exact) mass is 245 g/mol. The molecule has 6 nitrogen and oxygen atoms in total. The number of carboxylic acid groups (broad SMARTS) is 1. The Morgan fingerprint density at radius 3 is 2.41 bits per heavy atom. The first kappa shape index (κ1) is 13.8. The lowest BCUT2D eigenvalue weighted by molar-refractivity contribution is -0.151. The molecular formula is C11H19NO5. The molecule has 2 atom stereocenters. The Balaban J connectivity index is 2.82. The molecule has 0 bridgehead atoms. The second-order valence-corrected chi connectivity index (χ2v) is 5.13. The van der Waals surface area contributed by atoms with Gasteiger partial charge in [-0.3, -0.25) is 4.90 Å². The number of aliphatic carboxylic acids is 1. The maximum Gasteiger partial charge on any atom is 0.411 e. The first-order valence-corrected chi connectivity index (χ1v) is 5.54. The number of hydrogen-bond acceptors (Lipinski definition) is 4. The van der Waals surface area contributed by atoms with Crippen molar-refractivity contribution in [1.82, 2.24) is 4.90 Å². The molecule has 17 heavy (non-hydrogen) atoms. The number of ether oxygens (including phenoxy) is 2. The highest BCUT2D eigenvalue weighted by molar-refractivity contribution is 5.80. The van der Waals surface area contributed by atoms with Gasteiger partial charge in [-0.15, -0.1) is 0 Å². The third-order valence-corrected chi connectivity index (χ3v) is 2.33. The summed E-state index contributed by atoms with van der Waals surface area (Å²) in [5, 5.41) is 9.04. The van der Waals surface area contributed by atoms with Crippen LogP contribution in [0.2, 0.25) is 0 Å². The summed E-state index contributed by atoms with van der Waals surface area (Å²) in [5.41, 5.74) is -0.641. The Hall–Kier alpha value is -1.30. The fourth-order valence-corrected chi connectivity index (χ4v) is 1.63. The number of hydrogen-bond donors (Lipinski definition) is 1. The van der Waals surface area contributed by atoms with Crippen LogP contribution in [0.25, 0.3) is 0 Å². The van der Waals surface area contributed by atoms with E-state index in [1.54, 1.807) is 27.7 Å². The number of carbonyl (C=O) groups is 2. The molecule has 0 aromatic heterocycles. The molecule has 1 aliphatic heterocycles. The molecule has 1 heterocycles. The molecule has 0 saturated carbocycles. The first-order chi connectivity index (χ1) is 7.72. The zero-order valence-corrected chi connectivity index (χ0v) is 10.6. The largest absolute Gasteiger partial charge is 0.480 e. The number of rotatable bonds is 1. The summed E-state index contributed by atoms with van der Waals surface area (Å²) < 4.78 is 10.3. The molecule has 1 rings (SSSR count). The smallest absolute Gasteiger partial charge is 0.411 e. The minimum absolute atomic E-state index is 0.00108. The molecule has 6 heteroatoms. The van der Waals surface area contributed by atoms with Crippen LogP contribution in [0.1, 0.15) is 27.7 Å². The summed E-state index contributed by atoms with van der Waals surface area (Å²) in [4.78, 5) is 24.2. The van der Waals surface area contributed by atoms with Crippen molar-refractivity contribution < 1.29 is 24.2 Å². The standard InChI is InChI=1S/C11H19NO5/c1-7-5-16-6-8(9(13)14)12(7)10(15)17-11(2,3)4/h7-8H,5-6H2,1-4H3,(H,13,14)/t7-,8+/m1/s1. The van der Waals surface area contributed by atoms with Crippen molar-refractivity contribution in [3.63, 3.8) is 0 Å². The lowest BCUT2D eigenvalue weighted by Gasteiger charge is -2.38. The van der Waals surface area contributed by atoms with Crippen LogP contribution in [0.15, 0.2) is 0 Å². The molecule has 0 aromatic carbocycles. The predicted octanol–water partition coefficient (Wildman–Crippen LogP) is 1.10. The van der Waals surface area contributed by atoms with Crippen LogP contribution in [0.5, 0.6) is 0 Å². The van der Waals surface area contributed by atoms with Gasteiger partial charge in [-0.2, -0.15) is 0 Å². The highest BCUT2D eigenvalue weighted by Crippen LogP contribution is 2.18. The molecule has 0 spiro atoms. The van der Waals surface area contributed by atoms with Gasteiger partial charge >= 0.3 is 12.1 Å². The minimum atomic E-state index is -1.08. The van der Waals surface area contributed by atoms with Crippen molar-refractivity contribution in [3.05, 3.63) is 0 Å². The average molecular weight is 245 g/mol. The Labute approximate surface area is 100 Å². The Bertz CT molecular complexity index is 309. The predicted molar refractivity (Wildman–Crippen MR) is 59.8 cm³/mol. The van der Waals surface area contributed by atoms with Crippen LogP contribution >= 0.6 is 0 Å². The van der Waals surface area contributed by atoms with E-state index in [1.807, 2.05) is 0 Å². The SMILES string of the molecule is C[C@@H]1COC[C@@H](C(=O)O)N1C(=O)OC(C)(C)C. The maximum atomic E-state index is 11.9. The van der Waals surface area contributed by atoms with Crippen molar-refractivity contribution in [1.29, 1.82) is 0 Å². The van der Waals surface area contributed by atoms with Crippen molar-refractivity contribution in [2.75, 3.05) is 13.2 Å². The van der Waals surface area contributed by atoms with Crippen molar-refractivity contribution in [3.8, 4) is 0 Å². The van der Waals surface area contributed by atoms with Gasteiger partial charge in [0.25, 0.3) is 0 Å².